The molecule has 0 unspecified atom stereocenters. The molecule has 0 fully saturated rings. The molecule has 4 rings (SSSR count). The maximum Gasteiger partial charge on any atom is 0.129 e. The van der Waals surface area contributed by atoms with Gasteiger partial charge in [0.05, 0.1) is 16.6 Å². The Kier molecular flexibility index (Phi) is 3.75. The van der Waals surface area contributed by atoms with Gasteiger partial charge >= 0.3 is 0 Å². The topological polar surface area (TPSA) is 35.0 Å². The minimum absolute atomic E-state index is 0.718. The van der Waals surface area contributed by atoms with Gasteiger partial charge in [0.25, 0.3) is 0 Å². The summed E-state index contributed by atoms with van der Waals surface area (Å²) in [6.45, 7) is 0. The molecule has 23 heavy (non-hydrogen) atoms. The number of para-hydroxylation sites is 1. The van der Waals surface area contributed by atoms with E-state index in [0.29, 0.717) is 0 Å². The van der Waals surface area contributed by atoms with E-state index in [2.05, 4.69) is 47.9 Å². The summed E-state index contributed by atoms with van der Waals surface area (Å²) in [4.78, 5) is 9.29. The summed E-state index contributed by atoms with van der Waals surface area (Å²) in [7, 11) is 0. The van der Waals surface area contributed by atoms with Gasteiger partial charge in [-0.05, 0) is 46.3 Å². The lowest BCUT2D eigenvalue weighted by Gasteiger charge is -2.07. The van der Waals surface area contributed by atoms with Crippen LogP contribution < -0.4 is 4.74 Å². The molecule has 0 aliphatic carbocycles. The number of halogens is 2. The molecule has 0 amide bonds. The zero-order valence-electron chi connectivity index (χ0n) is 11.8. The van der Waals surface area contributed by atoms with Gasteiger partial charge in [-0.1, -0.05) is 34.1 Å². The molecule has 111 valence electrons. The second-order valence-electron chi connectivity index (χ2n) is 4.95. The molecule has 0 bridgehead atoms. The molecule has 0 saturated heterocycles. The number of fused-ring (bicyclic) bond motifs is 2. The van der Waals surface area contributed by atoms with Gasteiger partial charge in [0, 0.05) is 21.1 Å². The molecule has 0 aliphatic rings. The van der Waals surface area contributed by atoms with E-state index in [1.165, 1.54) is 0 Å². The third kappa shape index (κ3) is 2.94. The van der Waals surface area contributed by atoms with Crippen molar-refractivity contribution in [2.75, 3.05) is 0 Å². The summed E-state index contributed by atoms with van der Waals surface area (Å²) >= 11 is 6.94. The van der Waals surface area contributed by atoms with Crippen LogP contribution >= 0.6 is 31.9 Å². The normalized spacial score (nSPS) is 11.0. The SMILES string of the molecule is Brc1[c]c2nc3ccc(Oc4ccccc4)cc3nc2c(Br)c1. The highest BCUT2D eigenvalue weighted by atomic mass is 79.9. The van der Waals surface area contributed by atoms with E-state index in [4.69, 9.17) is 4.74 Å². The largest absolute Gasteiger partial charge is 0.457 e. The highest BCUT2D eigenvalue weighted by Gasteiger charge is 2.08. The van der Waals surface area contributed by atoms with Crippen LogP contribution in [-0.4, -0.2) is 9.97 Å². The van der Waals surface area contributed by atoms with E-state index in [1.807, 2.05) is 54.6 Å². The van der Waals surface area contributed by atoms with Crippen molar-refractivity contribution < 1.29 is 4.74 Å². The van der Waals surface area contributed by atoms with Crippen molar-refractivity contribution in [1.29, 1.82) is 0 Å². The standard InChI is InChI=1S/C18H9Br2N2O/c19-11-8-14(20)18-17(9-11)21-15-7-6-13(10-16(15)22-18)23-12-4-2-1-3-5-12/h1-8,10H. The smallest absolute Gasteiger partial charge is 0.129 e. The van der Waals surface area contributed by atoms with E-state index in [9.17, 15) is 0 Å². The first-order valence-corrected chi connectivity index (χ1v) is 8.49. The summed E-state index contributed by atoms with van der Waals surface area (Å²) in [5.74, 6) is 1.52. The Labute approximate surface area is 149 Å². The second-order valence-corrected chi connectivity index (χ2v) is 6.66. The van der Waals surface area contributed by atoms with Crippen LogP contribution in [0.2, 0.25) is 0 Å². The van der Waals surface area contributed by atoms with E-state index < -0.39 is 0 Å². The maximum absolute atomic E-state index is 5.85. The molecule has 1 heterocycles. The average molecular weight is 429 g/mol. The monoisotopic (exact) mass is 427 g/mol. The third-order valence-corrected chi connectivity index (χ3v) is 4.36. The fraction of sp³-hybridized carbons (Fsp3) is 0. The average Bonchev–Trinajstić information content (AvgIpc) is 2.54. The van der Waals surface area contributed by atoms with Crippen molar-refractivity contribution in [3.8, 4) is 11.5 Å². The van der Waals surface area contributed by atoms with Crippen LogP contribution in [0.5, 0.6) is 11.5 Å². The Morgan fingerprint density at radius 1 is 0.826 bits per heavy atom. The molecular weight excluding hydrogens is 420 g/mol. The van der Waals surface area contributed by atoms with Gasteiger partial charge in [0.2, 0.25) is 0 Å². The molecule has 0 N–H and O–H groups in total. The first-order valence-electron chi connectivity index (χ1n) is 6.91. The number of nitrogens with zero attached hydrogens (tertiary/aromatic N) is 2. The fourth-order valence-electron chi connectivity index (χ4n) is 2.30. The lowest BCUT2D eigenvalue weighted by Crippen LogP contribution is -1.90. The molecule has 0 aliphatic heterocycles. The Morgan fingerprint density at radius 3 is 2.48 bits per heavy atom. The number of rotatable bonds is 2. The summed E-state index contributed by atoms with van der Waals surface area (Å²) in [6, 6.07) is 20.4. The zero-order chi connectivity index (χ0) is 15.8. The van der Waals surface area contributed by atoms with Crippen LogP contribution in [0.3, 0.4) is 0 Å². The third-order valence-electron chi connectivity index (χ3n) is 3.33. The van der Waals surface area contributed by atoms with Crippen LogP contribution in [0, 0.1) is 6.07 Å². The number of hydrogen-bond acceptors (Lipinski definition) is 3. The van der Waals surface area contributed by atoms with E-state index in [0.717, 1.165) is 42.5 Å². The van der Waals surface area contributed by atoms with Crippen molar-refractivity contribution in [3.05, 3.63) is 69.6 Å². The van der Waals surface area contributed by atoms with Gasteiger partial charge in [0.15, 0.2) is 0 Å². The van der Waals surface area contributed by atoms with Gasteiger partial charge in [-0.3, -0.25) is 0 Å². The van der Waals surface area contributed by atoms with Crippen molar-refractivity contribution in [2.24, 2.45) is 0 Å². The number of hydrogen-bond donors (Lipinski definition) is 0. The highest BCUT2D eigenvalue weighted by molar-refractivity contribution is 9.11. The maximum atomic E-state index is 5.85. The van der Waals surface area contributed by atoms with Crippen LogP contribution in [0.15, 0.2) is 63.5 Å². The number of aromatic nitrogens is 2. The van der Waals surface area contributed by atoms with E-state index in [1.54, 1.807) is 0 Å². The van der Waals surface area contributed by atoms with Gasteiger partial charge in [-0.25, -0.2) is 9.97 Å². The number of benzene rings is 3. The van der Waals surface area contributed by atoms with E-state index >= 15 is 0 Å². The summed E-state index contributed by atoms with van der Waals surface area (Å²) in [5, 5.41) is 0. The van der Waals surface area contributed by atoms with Crippen LogP contribution in [0.25, 0.3) is 22.1 Å². The van der Waals surface area contributed by atoms with Crippen molar-refractivity contribution in [1.82, 2.24) is 9.97 Å². The lowest BCUT2D eigenvalue weighted by molar-refractivity contribution is 0.483. The Morgan fingerprint density at radius 2 is 1.65 bits per heavy atom. The fourth-order valence-corrected chi connectivity index (χ4v) is 3.53. The molecule has 1 radical (unpaired) electrons. The van der Waals surface area contributed by atoms with Gasteiger partial charge in [0.1, 0.15) is 17.0 Å². The van der Waals surface area contributed by atoms with Crippen LogP contribution in [0.4, 0.5) is 0 Å². The van der Waals surface area contributed by atoms with Crippen molar-refractivity contribution in [3.63, 3.8) is 0 Å². The Hall–Kier alpha value is -1.98. The molecule has 1 aromatic heterocycles. The molecule has 0 spiro atoms. The number of ether oxygens (including phenoxy) is 1. The zero-order valence-corrected chi connectivity index (χ0v) is 14.9. The molecule has 4 aromatic rings. The summed E-state index contributed by atoms with van der Waals surface area (Å²) in [6.07, 6.45) is 0. The molecule has 5 heteroatoms. The van der Waals surface area contributed by atoms with Gasteiger partial charge in [-0.15, -0.1) is 0 Å². The Balaban J connectivity index is 1.83. The van der Waals surface area contributed by atoms with Gasteiger partial charge in [-0.2, -0.15) is 0 Å². The molecule has 0 atom stereocenters. The summed E-state index contributed by atoms with van der Waals surface area (Å²) < 4.78 is 7.57. The highest BCUT2D eigenvalue weighted by Crippen LogP contribution is 2.29. The molecule has 3 aromatic carbocycles. The second kappa shape index (κ2) is 5.91. The summed E-state index contributed by atoms with van der Waals surface area (Å²) in [5.41, 5.74) is 3.08. The predicted octanol–water partition coefficient (Wildman–Crippen LogP) is 5.90. The van der Waals surface area contributed by atoms with Gasteiger partial charge < -0.3 is 4.74 Å². The minimum atomic E-state index is 0.718. The quantitative estimate of drug-likeness (QED) is 0.373. The van der Waals surface area contributed by atoms with E-state index in [-0.39, 0.29) is 0 Å². The van der Waals surface area contributed by atoms with Crippen molar-refractivity contribution in [2.45, 2.75) is 0 Å². The van der Waals surface area contributed by atoms with Crippen LogP contribution in [0.1, 0.15) is 0 Å². The first kappa shape index (κ1) is 14.6. The molecule has 3 nitrogen and oxygen atoms in total. The Bertz CT molecular complexity index is 1020. The minimum Gasteiger partial charge on any atom is -0.457 e. The van der Waals surface area contributed by atoms with Crippen molar-refractivity contribution >= 4 is 53.9 Å². The van der Waals surface area contributed by atoms with Crippen LogP contribution in [-0.2, 0) is 0 Å². The predicted molar refractivity (Wildman–Crippen MR) is 97.8 cm³/mol. The lowest BCUT2D eigenvalue weighted by atomic mass is 10.2. The molecule has 0 saturated carbocycles. The molecular formula is C18H9Br2N2O. The first-order chi connectivity index (χ1) is 11.2.